The highest BCUT2D eigenvalue weighted by Gasteiger charge is 2.20. The summed E-state index contributed by atoms with van der Waals surface area (Å²) < 4.78 is 0. The van der Waals surface area contributed by atoms with Crippen LogP contribution in [0, 0.1) is 18.3 Å². The van der Waals surface area contributed by atoms with Gasteiger partial charge >= 0.3 is 0 Å². The maximum Gasteiger partial charge on any atom is 0.237 e. The number of anilines is 1. The number of carbonyl (C=O) groups excluding carboxylic acids is 1. The smallest absolute Gasteiger partial charge is 0.237 e. The molecule has 0 aliphatic heterocycles. The molecule has 0 saturated heterocycles. The number of thioether (sulfide) groups is 1. The second-order valence-corrected chi connectivity index (χ2v) is 9.04. The van der Waals surface area contributed by atoms with Crippen molar-refractivity contribution >= 4 is 44.9 Å². The van der Waals surface area contributed by atoms with Gasteiger partial charge in [0, 0.05) is 10.3 Å². The number of carbonyl (C=O) groups is 1. The molecular weight excluding hydrogens is 412 g/mol. The van der Waals surface area contributed by atoms with Gasteiger partial charge in [0.1, 0.15) is 21.7 Å². The third kappa shape index (κ3) is 4.20. The van der Waals surface area contributed by atoms with Crippen molar-refractivity contribution in [1.82, 2.24) is 9.97 Å². The molecule has 0 bridgehead atoms. The second kappa shape index (κ2) is 8.66. The number of nitrogens with zero attached hydrogens (tertiary/aromatic N) is 3. The van der Waals surface area contributed by atoms with Crippen LogP contribution in [0.25, 0.3) is 20.7 Å². The molecule has 148 valence electrons. The van der Waals surface area contributed by atoms with Gasteiger partial charge in [0.2, 0.25) is 5.91 Å². The molecule has 0 spiro atoms. The molecule has 5 nitrogen and oxygen atoms in total. The first-order chi connectivity index (χ1) is 14.5. The van der Waals surface area contributed by atoms with E-state index in [1.165, 1.54) is 11.8 Å². The van der Waals surface area contributed by atoms with Crippen molar-refractivity contribution in [2.45, 2.75) is 24.1 Å². The van der Waals surface area contributed by atoms with Crippen LogP contribution >= 0.6 is 23.1 Å². The predicted molar refractivity (Wildman–Crippen MR) is 123 cm³/mol. The number of fused-ring (bicyclic) bond motifs is 1. The minimum absolute atomic E-state index is 0.175. The van der Waals surface area contributed by atoms with Gasteiger partial charge in [0.25, 0.3) is 0 Å². The SMILES string of the molecule is Cc1nc(SC(C)C(=O)Nc2ccccc2C#N)c2cc(-c3ccccc3)sc2n1. The lowest BCUT2D eigenvalue weighted by atomic mass is 10.2. The summed E-state index contributed by atoms with van der Waals surface area (Å²) in [4.78, 5) is 24.0. The number of nitriles is 1. The van der Waals surface area contributed by atoms with E-state index in [-0.39, 0.29) is 5.91 Å². The van der Waals surface area contributed by atoms with Crippen molar-refractivity contribution in [2.24, 2.45) is 0 Å². The fraction of sp³-hybridized carbons (Fsp3) is 0.130. The molecule has 30 heavy (non-hydrogen) atoms. The van der Waals surface area contributed by atoms with Gasteiger partial charge in [-0.05, 0) is 37.6 Å². The van der Waals surface area contributed by atoms with Gasteiger partial charge in [-0.2, -0.15) is 5.26 Å². The molecule has 2 aromatic carbocycles. The molecule has 0 aliphatic carbocycles. The van der Waals surface area contributed by atoms with Gasteiger partial charge in [0.15, 0.2) is 0 Å². The Morgan fingerprint density at radius 1 is 1.13 bits per heavy atom. The van der Waals surface area contributed by atoms with E-state index in [4.69, 9.17) is 0 Å². The van der Waals surface area contributed by atoms with Crippen LogP contribution in [0.4, 0.5) is 5.69 Å². The monoisotopic (exact) mass is 430 g/mol. The summed E-state index contributed by atoms with van der Waals surface area (Å²) in [5.41, 5.74) is 2.09. The lowest BCUT2D eigenvalue weighted by Gasteiger charge is -2.13. The van der Waals surface area contributed by atoms with E-state index < -0.39 is 5.25 Å². The molecule has 0 aliphatic rings. The third-order valence-corrected chi connectivity index (χ3v) is 6.67. The van der Waals surface area contributed by atoms with E-state index >= 15 is 0 Å². The summed E-state index contributed by atoms with van der Waals surface area (Å²) in [5, 5.41) is 13.4. The molecule has 2 aromatic heterocycles. The Morgan fingerprint density at radius 3 is 2.63 bits per heavy atom. The summed E-state index contributed by atoms with van der Waals surface area (Å²) in [6.45, 7) is 3.70. The van der Waals surface area contributed by atoms with Crippen LogP contribution < -0.4 is 5.32 Å². The number of aryl methyl sites for hydroxylation is 1. The highest BCUT2D eigenvalue weighted by Crippen LogP contribution is 2.37. The molecule has 2 heterocycles. The molecule has 4 rings (SSSR count). The molecule has 0 radical (unpaired) electrons. The van der Waals surface area contributed by atoms with Crippen LogP contribution in [0.5, 0.6) is 0 Å². The minimum atomic E-state index is -0.394. The summed E-state index contributed by atoms with van der Waals surface area (Å²) in [5.74, 6) is 0.500. The van der Waals surface area contributed by atoms with Gasteiger partial charge in [0.05, 0.1) is 16.5 Å². The number of benzene rings is 2. The minimum Gasteiger partial charge on any atom is -0.324 e. The number of hydrogen-bond acceptors (Lipinski definition) is 6. The zero-order valence-corrected chi connectivity index (χ0v) is 18.1. The highest BCUT2D eigenvalue weighted by atomic mass is 32.2. The van der Waals surface area contributed by atoms with E-state index in [0.717, 1.165) is 25.7 Å². The predicted octanol–water partition coefficient (Wildman–Crippen LogP) is 5.66. The normalized spacial score (nSPS) is 11.8. The van der Waals surface area contributed by atoms with Crippen LogP contribution in [0.3, 0.4) is 0 Å². The molecule has 1 unspecified atom stereocenters. The number of amides is 1. The van der Waals surface area contributed by atoms with Crippen molar-refractivity contribution < 1.29 is 4.79 Å². The number of aromatic nitrogens is 2. The summed E-state index contributed by atoms with van der Waals surface area (Å²) >= 11 is 3.02. The average Bonchev–Trinajstić information content (AvgIpc) is 3.19. The number of hydrogen-bond donors (Lipinski definition) is 1. The Hall–Kier alpha value is -3.21. The largest absolute Gasteiger partial charge is 0.324 e. The molecule has 1 amide bonds. The summed E-state index contributed by atoms with van der Waals surface area (Å²) in [6.07, 6.45) is 0. The van der Waals surface area contributed by atoms with Crippen molar-refractivity contribution in [3.8, 4) is 16.5 Å². The zero-order valence-electron chi connectivity index (χ0n) is 16.4. The van der Waals surface area contributed by atoms with E-state index in [1.54, 1.807) is 35.6 Å². The Balaban J connectivity index is 1.60. The van der Waals surface area contributed by atoms with Crippen molar-refractivity contribution in [3.63, 3.8) is 0 Å². The second-order valence-electron chi connectivity index (χ2n) is 6.68. The molecule has 1 N–H and O–H groups in total. The first kappa shape index (κ1) is 20.1. The molecule has 4 aromatic rings. The number of thiophene rings is 1. The van der Waals surface area contributed by atoms with E-state index in [9.17, 15) is 10.1 Å². The standard InChI is InChI=1S/C23H18N4OS2/c1-14(21(28)27-19-11-7-6-10-17(19)13-24)29-22-18-12-20(16-8-4-3-5-9-16)30-23(18)26-15(2)25-22/h3-12,14H,1-2H3,(H,27,28). The van der Waals surface area contributed by atoms with E-state index in [1.807, 2.05) is 32.0 Å². The molecule has 0 saturated carbocycles. The number of nitrogens with one attached hydrogen (secondary N) is 1. The first-order valence-electron chi connectivity index (χ1n) is 9.35. The van der Waals surface area contributed by atoms with E-state index in [2.05, 4.69) is 39.6 Å². The van der Waals surface area contributed by atoms with Gasteiger partial charge in [-0.1, -0.05) is 54.2 Å². The molecule has 1 atom stereocenters. The lowest BCUT2D eigenvalue weighted by Crippen LogP contribution is -2.23. The Morgan fingerprint density at radius 2 is 1.87 bits per heavy atom. The summed E-state index contributed by atoms with van der Waals surface area (Å²) in [7, 11) is 0. The van der Waals surface area contributed by atoms with Gasteiger partial charge in [-0.15, -0.1) is 11.3 Å². The van der Waals surface area contributed by atoms with Crippen molar-refractivity contribution in [3.05, 3.63) is 72.1 Å². The third-order valence-electron chi connectivity index (χ3n) is 4.49. The molecule has 7 heteroatoms. The van der Waals surface area contributed by atoms with Crippen molar-refractivity contribution in [1.29, 1.82) is 5.26 Å². The van der Waals surface area contributed by atoms with E-state index in [0.29, 0.717) is 17.1 Å². The van der Waals surface area contributed by atoms with Crippen molar-refractivity contribution in [2.75, 3.05) is 5.32 Å². The van der Waals surface area contributed by atoms with Gasteiger partial charge in [-0.25, -0.2) is 9.97 Å². The lowest BCUT2D eigenvalue weighted by molar-refractivity contribution is -0.115. The van der Waals surface area contributed by atoms with Gasteiger partial charge in [-0.3, -0.25) is 4.79 Å². The van der Waals surface area contributed by atoms with Crippen LogP contribution in [-0.4, -0.2) is 21.1 Å². The quantitative estimate of drug-likeness (QED) is 0.327. The Bertz CT molecular complexity index is 1260. The molecule has 0 fully saturated rings. The zero-order chi connectivity index (χ0) is 21.1. The topological polar surface area (TPSA) is 78.7 Å². The number of rotatable bonds is 5. The highest BCUT2D eigenvalue weighted by molar-refractivity contribution is 8.00. The summed E-state index contributed by atoms with van der Waals surface area (Å²) in [6, 6.07) is 21.3. The molecular formula is C23H18N4OS2. The maximum atomic E-state index is 12.8. The van der Waals surface area contributed by atoms with Crippen LogP contribution in [0.1, 0.15) is 18.3 Å². The van der Waals surface area contributed by atoms with Crippen LogP contribution in [0.2, 0.25) is 0 Å². The fourth-order valence-corrected chi connectivity index (χ4v) is 5.09. The average molecular weight is 431 g/mol. The van der Waals surface area contributed by atoms with Gasteiger partial charge < -0.3 is 5.32 Å². The van der Waals surface area contributed by atoms with Crippen LogP contribution in [0.15, 0.2) is 65.7 Å². The Labute approximate surface area is 182 Å². The number of para-hydroxylation sites is 1. The fourth-order valence-electron chi connectivity index (χ4n) is 2.98. The Kier molecular flexibility index (Phi) is 5.79. The first-order valence-corrected chi connectivity index (χ1v) is 11.0. The maximum absolute atomic E-state index is 12.8. The van der Waals surface area contributed by atoms with Crippen LogP contribution in [-0.2, 0) is 4.79 Å².